The second kappa shape index (κ2) is 7.75. The van der Waals surface area contributed by atoms with E-state index in [4.69, 9.17) is 4.74 Å². The van der Waals surface area contributed by atoms with E-state index in [1.807, 2.05) is 66.7 Å². The van der Waals surface area contributed by atoms with Crippen molar-refractivity contribution >= 4 is 38.8 Å². The molecule has 0 aromatic heterocycles. The predicted octanol–water partition coefficient (Wildman–Crippen LogP) is 4.13. The van der Waals surface area contributed by atoms with Gasteiger partial charge < -0.3 is 4.74 Å². The van der Waals surface area contributed by atoms with Crippen LogP contribution >= 0.6 is 15.9 Å². The Hall–Kier alpha value is -2.66. The molecule has 0 aliphatic rings. The van der Waals surface area contributed by atoms with Crippen LogP contribution in [-0.2, 0) is 4.79 Å². The van der Waals surface area contributed by atoms with Gasteiger partial charge in [-0.15, -0.1) is 0 Å². The third kappa shape index (κ3) is 4.00. The minimum Gasteiger partial charge on any atom is -0.483 e. The van der Waals surface area contributed by atoms with E-state index < -0.39 is 0 Å². The molecule has 120 valence electrons. The van der Waals surface area contributed by atoms with E-state index in [-0.39, 0.29) is 12.5 Å². The number of hydrogen-bond donors (Lipinski definition) is 1. The van der Waals surface area contributed by atoms with E-state index in [2.05, 4.69) is 26.5 Å². The summed E-state index contributed by atoms with van der Waals surface area (Å²) in [5.74, 6) is 0.365. The number of benzene rings is 3. The highest BCUT2D eigenvalue weighted by Gasteiger charge is 2.05. The Morgan fingerprint density at radius 3 is 2.67 bits per heavy atom. The Kier molecular flexibility index (Phi) is 5.23. The van der Waals surface area contributed by atoms with Crippen LogP contribution in [0.4, 0.5) is 0 Å². The maximum Gasteiger partial charge on any atom is 0.277 e. The van der Waals surface area contributed by atoms with Crippen LogP contribution in [0.2, 0.25) is 0 Å². The van der Waals surface area contributed by atoms with Gasteiger partial charge in [-0.1, -0.05) is 70.5 Å². The average molecular weight is 383 g/mol. The molecule has 0 heterocycles. The van der Waals surface area contributed by atoms with Gasteiger partial charge in [0.15, 0.2) is 6.61 Å². The Morgan fingerprint density at radius 2 is 1.79 bits per heavy atom. The fourth-order valence-electron chi connectivity index (χ4n) is 2.25. The Morgan fingerprint density at radius 1 is 1.04 bits per heavy atom. The zero-order valence-electron chi connectivity index (χ0n) is 12.8. The number of carbonyl (C=O) groups is 1. The van der Waals surface area contributed by atoms with Gasteiger partial charge in [0.1, 0.15) is 5.75 Å². The zero-order chi connectivity index (χ0) is 16.8. The van der Waals surface area contributed by atoms with Gasteiger partial charge in [-0.25, -0.2) is 5.43 Å². The highest BCUT2D eigenvalue weighted by Crippen LogP contribution is 2.24. The van der Waals surface area contributed by atoms with Crippen LogP contribution in [0.25, 0.3) is 10.8 Å². The van der Waals surface area contributed by atoms with Crippen molar-refractivity contribution in [2.75, 3.05) is 6.61 Å². The number of ether oxygens (including phenoxy) is 1. The molecule has 0 saturated heterocycles. The van der Waals surface area contributed by atoms with Crippen molar-refractivity contribution in [3.8, 4) is 5.75 Å². The van der Waals surface area contributed by atoms with Gasteiger partial charge in [-0.3, -0.25) is 4.79 Å². The van der Waals surface area contributed by atoms with Crippen LogP contribution in [0.15, 0.2) is 76.3 Å². The summed E-state index contributed by atoms with van der Waals surface area (Å²) in [6, 6.07) is 21.3. The molecule has 1 N–H and O–H groups in total. The lowest BCUT2D eigenvalue weighted by molar-refractivity contribution is -0.123. The quantitative estimate of drug-likeness (QED) is 0.532. The summed E-state index contributed by atoms with van der Waals surface area (Å²) in [5.41, 5.74) is 3.34. The number of fused-ring (bicyclic) bond motifs is 1. The van der Waals surface area contributed by atoms with Gasteiger partial charge in [0.25, 0.3) is 5.91 Å². The second-order valence-corrected chi connectivity index (χ2v) is 5.93. The molecule has 0 fully saturated rings. The lowest BCUT2D eigenvalue weighted by atomic mass is 10.1. The molecular formula is C19H15BrN2O2. The fourth-order valence-corrected chi connectivity index (χ4v) is 2.64. The molecule has 3 rings (SSSR count). The number of carbonyl (C=O) groups excluding carboxylic acids is 1. The van der Waals surface area contributed by atoms with Crippen LogP contribution in [0.5, 0.6) is 5.75 Å². The first-order chi connectivity index (χ1) is 11.7. The normalized spacial score (nSPS) is 10.9. The summed E-state index contributed by atoms with van der Waals surface area (Å²) in [4.78, 5) is 11.9. The predicted molar refractivity (Wildman–Crippen MR) is 99.3 cm³/mol. The van der Waals surface area contributed by atoms with Crippen molar-refractivity contribution in [1.29, 1.82) is 0 Å². The van der Waals surface area contributed by atoms with Gasteiger partial charge in [0.2, 0.25) is 0 Å². The van der Waals surface area contributed by atoms with Crippen LogP contribution in [0.1, 0.15) is 5.56 Å². The standard InChI is InChI=1S/C19H15BrN2O2/c20-17-10-4-2-7-15(17)12-21-22-19(23)13-24-18-11-5-8-14-6-1-3-9-16(14)18/h1-12H,13H2,(H,22,23)/b21-12-. The first kappa shape index (κ1) is 16.2. The van der Waals surface area contributed by atoms with Crippen molar-refractivity contribution in [3.05, 3.63) is 76.8 Å². The molecule has 1 amide bonds. The Bertz CT molecular complexity index is 888. The lowest BCUT2D eigenvalue weighted by Crippen LogP contribution is -2.24. The number of amides is 1. The molecule has 0 saturated carbocycles. The van der Waals surface area contributed by atoms with E-state index in [0.717, 1.165) is 20.8 Å². The number of hydrogen-bond acceptors (Lipinski definition) is 3. The van der Waals surface area contributed by atoms with Gasteiger partial charge in [-0.05, 0) is 17.5 Å². The zero-order valence-corrected chi connectivity index (χ0v) is 14.4. The maximum atomic E-state index is 11.9. The number of nitrogens with one attached hydrogen (secondary N) is 1. The van der Waals surface area contributed by atoms with Crippen LogP contribution < -0.4 is 10.2 Å². The molecule has 0 spiro atoms. The fraction of sp³-hybridized carbons (Fsp3) is 0.0526. The molecule has 0 unspecified atom stereocenters. The molecule has 5 heteroatoms. The summed E-state index contributed by atoms with van der Waals surface area (Å²) >= 11 is 3.42. The smallest absolute Gasteiger partial charge is 0.277 e. The summed E-state index contributed by atoms with van der Waals surface area (Å²) < 4.78 is 6.52. The van der Waals surface area contributed by atoms with Gasteiger partial charge in [0.05, 0.1) is 6.21 Å². The Balaban J connectivity index is 1.58. The third-order valence-corrected chi connectivity index (χ3v) is 4.13. The molecule has 24 heavy (non-hydrogen) atoms. The van der Waals surface area contributed by atoms with E-state index in [9.17, 15) is 4.79 Å². The average Bonchev–Trinajstić information content (AvgIpc) is 2.61. The van der Waals surface area contributed by atoms with Crippen molar-refractivity contribution < 1.29 is 9.53 Å². The largest absolute Gasteiger partial charge is 0.483 e. The highest BCUT2D eigenvalue weighted by atomic mass is 79.9. The number of hydrazone groups is 1. The van der Waals surface area contributed by atoms with Crippen LogP contribution in [0.3, 0.4) is 0 Å². The van der Waals surface area contributed by atoms with Gasteiger partial charge in [-0.2, -0.15) is 5.10 Å². The number of rotatable bonds is 5. The maximum absolute atomic E-state index is 11.9. The van der Waals surface area contributed by atoms with E-state index in [1.165, 1.54) is 0 Å². The van der Waals surface area contributed by atoms with E-state index in [0.29, 0.717) is 5.75 Å². The van der Waals surface area contributed by atoms with Gasteiger partial charge in [0, 0.05) is 15.4 Å². The lowest BCUT2D eigenvalue weighted by Gasteiger charge is -2.08. The minimum absolute atomic E-state index is 0.0959. The number of halogens is 1. The van der Waals surface area contributed by atoms with E-state index >= 15 is 0 Å². The summed E-state index contributed by atoms with van der Waals surface area (Å²) in [5, 5.41) is 5.99. The molecular weight excluding hydrogens is 368 g/mol. The topological polar surface area (TPSA) is 50.7 Å². The molecule has 4 nitrogen and oxygen atoms in total. The molecule has 0 atom stereocenters. The van der Waals surface area contributed by atoms with Crippen LogP contribution in [0, 0.1) is 0 Å². The van der Waals surface area contributed by atoms with Crippen molar-refractivity contribution in [3.63, 3.8) is 0 Å². The molecule has 0 bridgehead atoms. The second-order valence-electron chi connectivity index (χ2n) is 5.08. The molecule has 3 aromatic carbocycles. The van der Waals surface area contributed by atoms with Crippen molar-refractivity contribution in [1.82, 2.24) is 5.43 Å². The van der Waals surface area contributed by atoms with Crippen molar-refractivity contribution in [2.24, 2.45) is 5.10 Å². The number of nitrogens with zero attached hydrogens (tertiary/aromatic N) is 1. The first-order valence-corrected chi connectivity index (χ1v) is 8.20. The first-order valence-electron chi connectivity index (χ1n) is 7.41. The monoisotopic (exact) mass is 382 g/mol. The molecule has 0 aliphatic carbocycles. The third-order valence-electron chi connectivity index (χ3n) is 3.41. The molecule has 0 aliphatic heterocycles. The van der Waals surface area contributed by atoms with Gasteiger partial charge >= 0.3 is 0 Å². The highest BCUT2D eigenvalue weighted by molar-refractivity contribution is 9.10. The van der Waals surface area contributed by atoms with E-state index in [1.54, 1.807) is 6.21 Å². The van der Waals surface area contributed by atoms with Crippen LogP contribution in [-0.4, -0.2) is 18.7 Å². The SMILES string of the molecule is O=C(COc1cccc2ccccc12)N/N=C\c1ccccc1Br. The molecule has 3 aromatic rings. The summed E-state index contributed by atoms with van der Waals surface area (Å²) in [6.07, 6.45) is 1.58. The van der Waals surface area contributed by atoms with Crippen molar-refractivity contribution in [2.45, 2.75) is 0 Å². The minimum atomic E-state index is -0.314. The summed E-state index contributed by atoms with van der Waals surface area (Å²) in [6.45, 7) is -0.0959. The Labute approximate surface area is 148 Å². The summed E-state index contributed by atoms with van der Waals surface area (Å²) in [7, 11) is 0. The molecule has 0 radical (unpaired) electrons.